The van der Waals surface area contributed by atoms with Crippen LogP contribution < -0.4 is 5.32 Å². The lowest BCUT2D eigenvalue weighted by atomic mass is 10.1. The van der Waals surface area contributed by atoms with Crippen molar-refractivity contribution in [2.75, 3.05) is 6.61 Å². The van der Waals surface area contributed by atoms with Crippen LogP contribution in [-0.4, -0.2) is 30.3 Å². The standard InChI is InChI=1S/C20H39NO4/c1-6-7-8-9-10-11-12-13-14-15-16-24-18(22)17(2)21-19(23)25-20(3,4)5/h17H,6-16H2,1-5H3,(H,21,23). The predicted octanol–water partition coefficient (Wildman–Crippen LogP) is 5.36. The Labute approximate surface area is 154 Å². The molecule has 0 aromatic carbocycles. The number of hydrogen-bond donors (Lipinski definition) is 1. The number of rotatable bonds is 13. The number of ether oxygens (including phenoxy) is 2. The van der Waals surface area contributed by atoms with Gasteiger partial charge in [0, 0.05) is 0 Å². The summed E-state index contributed by atoms with van der Waals surface area (Å²) >= 11 is 0. The number of esters is 1. The highest BCUT2D eigenvalue weighted by molar-refractivity contribution is 5.80. The van der Waals surface area contributed by atoms with Crippen LogP contribution in [0.4, 0.5) is 4.79 Å². The summed E-state index contributed by atoms with van der Waals surface area (Å²) in [6, 6.07) is -0.696. The van der Waals surface area contributed by atoms with Gasteiger partial charge < -0.3 is 14.8 Å². The first-order valence-electron chi connectivity index (χ1n) is 9.92. The highest BCUT2D eigenvalue weighted by Crippen LogP contribution is 2.10. The van der Waals surface area contributed by atoms with Crippen LogP contribution >= 0.6 is 0 Å². The topological polar surface area (TPSA) is 64.6 Å². The van der Waals surface area contributed by atoms with Gasteiger partial charge in [-0.05, 0) is 34.1 Å². The van der Waals surface area contributed by atoms with Gasteiger partial charge in [0.05, 0.1) is 6.61 Å². The van der Waals surface area contributed by atoms with Crippen LogP contribution in [0.5, 0.6) is 0 Å². The van der Waals surface area contributed by atoms with Gasteiger partial charge >= 0.3 is 12.1 Å². The van der Waals surface area contributed by atoms with Crippen molar-refractivity contribution in [1.29, 1.82) is 0 Å². The number of amides is 1. The molecule has 0 fully saturated rings. The van der Waals surface area contributed by atoms with Crippen LogP contribution in [0.3, 0.4) is 0 Å². The van der Waals surface area contributed by atoms with Crippen LogP contribution in [0.25, 0.3) is 0 Å². The number of nitrogens with one attached hydrogen (secondary N) is 1. The lowest BCUT2D eigenvalue weighted by Gasteiger charge is -2.21. The van der Waals surface area contributed by atoms with E-state index in [0.717, 1.165) is 12.8 Å². The summed E-state index contributed by atoms with van der Waals surface area (Å²) in [7, 11) is 0. The van der Waals surface area contributed by atoms with Gasteiger partial charge in [0.2, 0.25) is 0 Å². The first-order chi connectivity index (χ1) is 11.8. The number of unbranched alkanes of at least 4 members (excludes halogenated alkanes) is 9. The molecule has 0 aromatic heterocycles. The molecule has 1 amide bonds. The van der Waals surface area contributed by atoms with Gasteiger partial charge in [-0.2, -0.15) is 0 Å². The van der Waals surface area contributed by atoms with Gasteiger partial charge in [0.1, 0.15) is 11.6 Å². The fourth-order valence-electron chi connectivity index (χ4n) is 2.43. The average molecular weight is 358 g/mol. The zero-order chi connectivity index (χ0) is 19.1. The molecule has 148 valence electrons. The number of carbonyl (C=O) groups is 2. The molecule has 0 bridgehead atoms. The van der Waals surface area contributed by atoms with Crippen LogP contribution in [0.2, 0.25) is 0 Å². The first kappa shape index (κ1) is 23.7. The Morgan fingerprint density at radius 3 is 1.84 bits per heavy atom. The minimum Gasteiger partial charge on any atom is -0.464 e. The normalized spacial score (nSPS) is 12.5. The summed E-state index contributed by atoms with van der Waals surface area (Å²) in [5.41, 5.74) is -0.580. The zero-order valence-corrected chi connectivity index (χ0v) is 17.0. The summed E-state index contributed by atoms with van der Waals surface area (Å²) in [4.78, 5) is 23.4. The molecule has 0 heterocycles. The van der Waals surface area contributed by atoms with Gasteiger partial charge in [0.25, 0.3) is 0 Å². The first-order valence-corrected chi connectivity index (χ1v) is 9.92. The number of alkyl carbamates (subject to hydrolysis) is 1. The molecule has 0 spiro atoms. The fraction of sp³-hybridized carbons (Fsp3) is 0.900. The Hall–Kier alpha value is -1.26. The molecule has 1 unspecified atom stereocenters. The summed E-state index contributed by atoms with van der Waals surface area (Å²) in [6.45, 7) is 9.59. The third-order valence-corrected chi connectivity index (χ3v) is 3.83. The molecule has 1 atom stereocenters. The fourth-order valence-corrected chi connectivity index (χ4v) is 2.43. The summed E-state index contributed by atoms with van der Waals surface area (Å²) in [5, 5.41) is 2.49. The number of hydrogen-bond acceptors (Lipinski definition) is 4. The molecule has 0 saturated carbocycles. The average Bonchev–Trinajstić information content (AvgIpc) is 2.50. The zero-order valence-electron chi connectivity index (χ0n) is 17.0. The summed E-state index contributed by atoms with van der Waals surface area (Å²) < 4.78 is 10.3. The quantitative estimate of drug-likeness (QED) is 0.356. The predicted molar refractivity (Wildman–Crippen MR) is 102 cm³/mol. The van der Waals surface area contributed by atoms with E-state index in [1.807, 2.05) is 0 Å². The van der Waals surface area contributed by atoms with E-state index in [1.165, 1.54) is 51.4 Å². The monoisotopic (exact) mass is 357 g/mol. The Balaban J connectivity index is 3.55. The molecule has 0 aliphatic rings. The van der Waals surface area contributed by atoms with Crippen molar-refractivity contribution >= 4 is 12.1 Å². The van der Waals surface area contributed by atoms with Gasteiger partial charge in [-0.25, -0.2) is 9.59 Å². The molecule has 25 heavy (non-hydrogen) atoms. The molecule has 1 N–H and O–H groups in total. The summed E-state index contributed by atoms with van der Waals surface area (Å²) in [6.07, 6.45) is 11.8. The molecule has 0 aromatic rings. The van der Waals surface area contributed by atoms with Crippen LogP contribution in [0.15, 0.2) is 0 Å². The Morgan fingerprint density at radius 1 is 0.880 bits per heavy atom. The SMILES string of the molecule is CCCCCCCCCCCCOC(=O)C(C)NC(=O)OC(C)(C)C. The van der Waals surface area contributed by atoms with E-state index >= 15 is 0 Å². The van der Waals surface area contributed by atoms with E-state index in [0.29, 0.717) is 6.61 Å². The molecule has 5 nitrogen and oxygen atoms in total. The smallest absolute Gasteiger partial charge is 0.408 e. The lowest BCUT2D eigenvalue weighted by molar-refractivity contribution is -0.145. The van der Waals surface area contributed by atoms with E-state index in [4.69, 9.17) is 9.47 Å². The number of carbonyl (C=O) groups excluding carboxylic acids is 2. The Morgan fingerprint density at radius 2 is 1.36 bits per heavy atom. The molecule has 5 heteroatoms. The third kappa shape index (κ3) is 16.0. The molecular weight excluding hydrogens is 318 g/mol. The van der Waals surface area contributed by atoms with Gasteiger partial charge in [-0.3, -0.25) is 0 Å². The van der Waals surface area contributed by atoms with Crippen molar-refractivity contribution in [1.82, 2.24) is 5.32 Å². The second-order valence-electron chi connectivity index (χ2n) is 7.72. The molecule has 0 radical (unpaired) electrons. The molecule has 0 saturated heterocycles. The van der Waals surface area contributed by atoms with Gasteiger partial charge in [-0.1, -0.05) is 64.7 Å². The minimum absolute atomic E-state index is 0.412. The van der Waals surface area contributed by atoms with Crippen molar-refractivity contribution in [3.8, 4) is 0 Å². The molecule has 0 rings (SSSR count). The van der Waals surface area contributed by atoms with E-state index in [9.17, 15) is 9.59 Å². The van der Waals surface area contributed by atoms with Gasteiger partial charge in [0.15, 0.2) is 0 Å². The Kier molecular flexibility index (Phi) is 13.3. The van der Waals surface area contributed by atoms with Crippen molar-refractivity contribution in [3.63, 3.8) is 0 Å². The van der Waals surface area contributed by atoms with Crippen molar-refractivity contribution in [2.45, 2.75) is 110 Å². The maximum absolute atomic E-state index is 11.8. The largest absolute Gasteiger partial charge is 0.464 e. The summed E-state index contributed by atoms with van der Waals surface area (Å²) in [5.74, 6) is -0.415. The molecular formula is C20H39NO4. The van der Waals surface area contributed by atoms with E-state index in [2.05, 4.69) is 12.2 Å². The van der Waals surface area contributed by atoms with E-state index < -0.39 is 23.7 Å². The maximum atomic E-state index is 11.8. The minimum atomic E-state index is -0.696. The third-order valence-electron chi connectivity index (χ3n) is 3.83. The second-order valence-corrected chi connectivity index (χ2v) is 7.72. The second kappa shape index (κ2) is 14.0. The van der Waals surface area contributed by atoms with Crippen molar-refractivity contribution in [3.05, 3.63) is 0 Å². The Bertz CT molecular complexity index is 363. The van der Waals surface area contributed by atoms with E-state index in [1.54, 1.807) is 27.7 Å². The molecule has 0 aliphatic heterocycles. The maximum Gasteiger partial charge on any atom is 0.408 e. The van der Waals surface area contributed by atoms with Crippen LogP contribution in [-0.2, 0) is 14.3 Å². The van der Waals surface area contributed by atoms with E-state index in [-0.39, 0.29) is 0 Å². The van der Waals surface area contributed by atoms with Crippen LogP contribution in [0, 0.1) is 0 Å². The highest BCUT2D eigenvalue weighted by atomic mass is 16.6. The lowest BCUT2D eigenvalue weighted by Crippen LogP contribution is -2.42. The van der Waals surface area contributed by atoms with Crippen molar-refractivity contribution < 1.29 is 19.1 Å². The van der Waals surface area contributed by atoms with Gasteiger partial charge in [-0.15, -0.1) is 0 Å². The molecule has 0 aliphatic carbocycles. The van der Waals surface area contributed by atoms with Crippen molar-refractivity contribution in [2.24, 2.45) is 0 Å². The highest BCUT2D eigenvalue weighted by Gasteiger charge is 2.21. The van der Waals surface area contributed by atoms with Crippen LogP contribution in [0.1, 0.15) is 98.8 Å².